The van der Waals surface area contributed by atoms with Crippen LogP contribution >= 0.6 is 24.0 Å². The monoisotopic (exact) mass is 444 g/mol. The second-order valence-corrected chi connectivity index (χ2v) is 7.63. The average Bonchev–Trinajstić information content (AvgIpc) is 3.40. The average molecular weight is 445 g/mol. The number of nitrogens with zero attached hydrogens (tertiary/aromatic N) is 3. The number of phenolic OH excluding ortho intramolecular Hbond substituents is 1. The molecule has 4 rings (SSSR count). The fourth-order valence-electron chi connectivity index (χ4n) is 3.05. The Morgan fingerprint density at radius 1 is 1.10 bits per heavy atom. The molecule has 9 heteroatoms. The Bertz CT molecular complexity index is 1110. The van der Waals surface area contributed by atoms with Crippen LogP contribution in [0.3, 0.4) is 0 Å². The van der Waals surface area contributed by atoms with Crippen LogP contribution < -0.4 is 5.32 Å². The number of phenols is 1. The maximum Gasteiger partial charge on any atom is 0.134 e. The van der Waals surface area contributed by atoms with E-state index in [1.165, 1.54) is 0 Å². The molecule has 0 unspecified atom stereocenters. The molecule has 1 aromatic carbocycles. The number of hydrogen-bond donors (Lipinski definition) is 4. The summed E-state index contributed by atoms with van der Waals surface area (Å²) < 4.78 is 0. The van der Waals surface area contributed by atoms with E-state index < -0.39 is 5.54 Å². The summed E-state index contributed by atoms with van der Waals surface area (Å²) >= 11 is 5.99. The van der Waals surface area contributed by atoms with Crippen molar-refractivity contribution < 1.29 is 5.11 Å². The fraction of sp³-hybridized carbons (Fsp3) is 0.190. The zero-order chi connectivity index (χ0) is 20.4. The smallest absolute Gasteiger partial charge is 0.134 e. The van der Waals surface area contributed by atoms with Gasteiger partial charge in [-0.2, -0.15) is 0 Å². The highest BCUT2D eigenvalue weighted by Crippen LogP contribution is 2.35. The quantitative estimate of drug-likeness (QED) is 0.346. The summed E-state index contributed by atoms with van der Waals surface area (Å²) in [5.41, 5.74) is 2.83. The highest BCUT2D eigenvalue weighted by atomic mass is 35.5. The molecule has 0 atom stereocenters. The van der Waals surface area contributed by atoms with Crippen molar-refractivity contribution in [3.05, 3.63) is 71.8 Å². The Labute approximate surface area is 185 Å². The van der Waals surface area contributed by atoms with E-state index in [1.807, 2.05) is 32.0 Å². The van der Waals surface area contributed by atoms with Crippen molar-refractivity contribution in [2.75, 3.05) is 0 Å². The number of benzene rings is 1. The Hall–Kier alpha value is -2.87. The zero-order valence-electron chi connectivity index (χ0n) is 16.5. The Kier molecular flexibility index (Phi) is 6.45. The number of H-pyrrole nitrogens is 2. The van der Waals surface area contributed by atoms with Gasteiger partial charge in [0.2, 0.25) is 0 Å². The van der Waals surface area contributed by atoms with Gasteiger partial charge in [-0.05, 0) is 38.1 Å². The van der Waals surface area contributed by atoms with E-state index in [1.54, 1.807) is 36.9 Å². The van der Waals surface area contributed by atoms with Gasteiger partial charge in [-0.1, -0.05) is 17.7 Å². The highest BCUT2D eigenvalue weighted by Gasteiger charge is 2.27. The van der Waals surface area contributed by atoms with E-state index >= 15 is 0 Å². The molecule has 4 N–H and O–H groups in total. The molecule has 0 aliphatic carbocycles. The third-order valence-corrected chi connectivity index (χ3v) is 5.06. The Morgan fingerprint density at radius 2 is 1.87 bits per heavy atom. The second kappa shape index (κ2) is 8.87. The molecular weight excluding hydrogens is 423 g/mol. The van der Waals surface area contributed by atoms with Gasteiger partial charge in [-0.15, -0.1) is 12.4 Å². The Morgan fingerprint density at radius 3 is 2.53 bits per heavy atom. The predicted molar refractivity (Wildman–Crippen MR) is 120 cm³/mol. The molecule has 0 aliphatic heterocycles. The number of aromatic nitrogens is 5. The van der Waals surface area contributed by atoms with Gasteiger partial charge in [-0.3, -0.25) is 10.3 Å². The molecule has 30 heavy (non-hydrogen) atoms. The van der Waals surface area contributed by atoms with Crippen LogP contribution in [0.25, 0.3) is 22.5 Å². The lowest BCUT2D eigenvalue weighted by Crippen LogP contribution is -2.37. The van der Waals surface area contributed by atoms with Crippen molar-refractivity contribution in [1.82, 2.24) is 30.2 Å². The van der Waals surface area contributed by atoms with Gasteiger partial charge >= 0.3 is 0 Å². The maximum atomic E-state index is 10.1. The molecule has 0 amide bonds. The van der Waals surface area contributed by atoms with Crippen LogP contribution in [0.4, 0.5) is 0 Å². The summed E-state index contributed by atoms with van der Waals surface area (Å²) in [5.74, 6) is 1.63. The van der Waals surface area contributed by atoms with Gasteiger partial charge in [0.15, 0.2) is 0 Å². The van der Waals surface area contributed by atoms with Crippen LogP contribution in [-0.4, -0.2) is 30.0 Å². The Balaban J connectivity index is 0.00000256. The minimum Gasteiger partial charge on any atom is -0.506 e. The number of rotatable bonds is 6. The second-order valence-electron chi connectivity index (χ2n) is 7.23. The molecule has 156 valence electrons. The summed E-state index contributed by atoms with van der Waals surface area (Å²) in [4.78, 5) is 19.8. The van der Waals surface area contributed by atoms with Crippen LogP contribution in [0.5, 0.6) is 5.75 Å². The van der Waals surface area contributed by atoms with Gasteiger partial charge < -0.3 is 15.1 Å². The molecule has 7 nitrogen and oxygen atoms in total. The van der Waals surface area contributed by atoms with Gasteiger partial charge in [0.1, 0.15) is 17.4 Å². The summed E-state index contributed by atoms with van der Waals surface area (Å²) in [6.45, 7) is 4.67. The van der Waals surface area contributed by atoms with Crippen molar-refractivity contribution in [2.45, 2.75) is 25.9 Å². The van der Waals surface area contributed by atoms with Crippen LogP contribution in [-0.2, 0) is 12.1 Å². The maximum absolute atomic E-state index is 10.1. The van der Waals surface area contributed by atoms with Gasteiger partial charge in [-0.25, -0.2) is 9.97 Å². The van der Waals surface area contributed by atoms with Crippen LogP contribution in [0.15, 0.2) is 55.1 Å². The van der Waals surface area contributed by atoms with E-state index in [9.17, 15) is 5.11 Å². The number of aromatic hydroxyl groups is 1. The minimum absolute atomic E-state index is 0. The molecule has 3 heterocycles. The first-order valence-corrected chi connectivity index (χ1v) is 9.55. The third kappa shape index (κ3) is 4.48. The van der Waals surface area contributed by atoms with Gasteiger partial charge in [0.25, 0.3) is 0 Å². The number of hydrogen-bond acceptors (Lipinski definition) is 5. The standard InChI is InChI=1S/C21H21ClN6O.ClH/c1-21(2,26-12-17-24-9-10-25-17)20-27-18(13-5-7-23-8-6-13)19(28-20)14-3-4-15(22)16(29)11-14;/h3-11,26,29H,12H2,1-2H3,(H,24,25)(H,27,28);1H. The van der Waals surface area contributed by atoms with E-state index in [4.69, 9.17) is 16.6 Å². The SMILES string of the molecule is CC(C)(NCc1ncc[nH]1)c1nc(-c2ccc(Cl)c(O)c2)c(-c2ccncc2)[nH]1.Cl. The van der Waals surface area contributed by atoms with Crippen LogP contribution in [0, 0.1) is 0 Å². The normalized spacial score (nSPS) is 11.3. The predicted octanol–water partition coefficient (Wildman–Crippen LogP) is 4.67. The van der Waals surface area contributed by atoms with Crippen LogP contribution in [0.1, 0.15) is 25.5 Å². The first-order chi connectivity index (χ1) is 13.9. The molecule has 3 aromatic heterocycles. The van der Waals surface area contributed by atoms with E-state index in [0.29, 0.717) is 11.6 Å². The zero-order valence-corrected chi connectivity index (χ0v) is 18.1. The molecule has 0 spiro atoms. The summed E-state index contributed by atoms with van der Waals surface area (Å²) in [6, 6.07) is 8.96. The number of halogens is 2. The van der Waals surface area contributed by atoms with E-state index in [-0.39, 0.29) is 18.2 Å². The molecule has 0 saturated heterocycles. The molecule has 0 aliphatic rings. The van der Waals surface area contributed by atoms with Crippen molar-refractivity contribution in [1.29, 1.82) is 0 Å². The molecule has 0 radical (unpaired) electrons. The minimum atomic E-state index is -0.457. The summed E-state index contributed by atoms with van der Waals surface area (Å²) in [5, 5.41) is 13.8. The lowest BCUT2D eigenvalue weighted by atomic mass is 10.1. The first-order valence-electron chi connectivity index (χ1n) is 9.17. The molecule has 0 fully saturated rings. The highest BCUT2D eigenvalue weighted by molar-refractivity contribution is 6.32. The molecular formula is C21H22Cl2N6O. The topological polar surface area (TPSA) is 103 Å². The first kappa shape index (κ1) is 21.8. The number of aromatic amines is 2. The molecule has 4 aromatic rings. The third-order valence-electron chi connectivity index (χ3n) is 4.74. The molecule has 0 bridgehead atoms. The number of imidazole rings is 2. The summed E-state index contributed by atoms with van der Waals surface area (Å²) in [7, 11) is 0. The largest absolute Gasteiger partial charge is 0.506 e. The van der Waals surface area contributed by atoms with Gasteiger partial charge in [0, 0.05) is 35.9 Å². The van der Waals surface area contributed by atoms with Crippen molar-refractivity contribution >= 4 is 24.0 Å². The lowest BCUT2D eigenvalue weighted by Gasteiger charge is -2.23. The fourth-order valence-corrected chi connectivity index (χ4v) is 3.17. The van der Waals surface area contributed by atoms with Crippen molar-refractivity contribution in [3.63, 3.8) is 0 Å². The number of nitrogens with one attached hydrogen (secondary N) is 3. The van der Waals surface area contributed by atoms with Crippen molar-refractivity contribution in [2.24, 2.45) is 0 Å². The summed E-state index contributed by atoms with van der Waals surface area (Å²) in [6.07, 6.45) is 6.99. The van der Waals surface area contributed by atoms with E-state index in [2.05, 4.69) is 25.3 Å². The van der Waals surface area contributed by atoms with Gasteiger partial charge in [0.05, 0.1) is 28.5 Å². The molecule has 0 saturated carbocycles. The lowest BCUT2D eigenvalue weighted by molar-refractivity contribution is 0.377. The van der Waals surface area contributed by atoms with E-state index in [0.717, 1.165) is 34.2 Å². The number of pyridine rings is 1. The van der Waals surface area contributed by atoms with Crippen LogP contribution in [0.2, 0.25) is 5.02 Å². The van der Waals surface area contributed by atoms with Crippen molar-refractivity contribution in [3.8, 4) is 28.3 Å².